The molecular formula is C11H14N2O3. The molecule has 1 aromatic rings. The molecule has 0 radical (unpaired) electrons. The summed E-state index contributed by atoms with van der Waals surface area (Å²) in [5.74, 6) is -0.206. The van der Waals surface area contributed by atoms with E-state index in [0.717, 1.165) is 0 Å². The molecule has 16 heavy (non-hydrogen) atoms. The summed E-state index contributed by atoms with van der Waals surface area (Å²) in [6, 6.07) is 3.03. The van der Waals surface area contributed by atoms with E-state index in [4.69, 9.17) is 4.74 Å². The van der Waals surface area contributed by atoms with Crippen molar-refractivity contribution in [3.05, 3.63) is 23.9 Å². The van der Waals surface area contributed by atoms with Crippen molar-refractivity contribution in [2.75, 3.05) is 11.9 Å². The first-order valence-corrected chi connectivity index (χ1v) is 5.10. The zero-order valence-corrected chi connectivity index (χ0v) is 9.32. The SMILES string of the molecule is CCOC(=O)c1ccnc(NC(=O)CC)c1. The number of carbonyl (C=O) groups is 2. The monoisotopic (exact) mass is 222 g/mol. The Hall–Kier alpha value is -1.91. The Balaban J connectivity index is 2.78. The molecule has 0 fully saturated rings. The predicted octanol–water partition coefficient (Wildman–Crippen LogP) is 1.61. The molecule has 0 bridgehead atoms. The van der Waals surface area contributed by atoms with E-state index in [9.17, 15) is 9.59 Å². The Labute approximate surface area is 93.8 Å². The molecule has 0 aromatic carbocycles. The summed E-state index contributed by atoms with van der Waals surface area (Å²) in [5.41, 5.74) is 0.378. The van der Waals surface area contributed by atoms with E-state index in [-0.39, 0.29) is 5.91 Å². The van der Waals surface area contributed by atoms with Crippen molar-refractivity contribution in [2.45, 2.75) is 20.3 Å². The van der Waals surface area contributed by atoms with Crippen LogP contribution < -0.4 is 5.32 Å². The van der Waals surface area contributed by atoms with Crippen LogP contribution in [-0.2, 0) is 9.53 Å². The number of carbonyl (C=O) groups excluding carboxylic acids is 2. The molecule has 1 N–H and O–H groups in total. The zero-order valence-electron chi connectivity index (χ0n) is 9.32. The second kappa shape index (κ2) is 5.85. The van der Waals surface area contributed by atoms with Crippen LogP contribution in [0.15, 0.2) is 18.3 Å². The van der Waals surface area contributed by atoms with Crippen LogP contribution >= 0.6 is 0 Å². The molecule has 0 aliphatic carbocycles. The highest BCUT2D eigenvalue weighted by Gasteiger charge is 2.08. The Kier molecular flexibility index (Phi) is 4.44. The summed E-state index contributed by atoms with van der Waals surface area (Å²) >= 11 is 0. The standard InChI is InChI=1S/C11H14N2O3/c1-3-10(14)13-9-7-8(5-6-12-9)11(15)16-4-2/h5-7H,3-4H2,1-2H3,(H,12,13,14). The summed E-state index contributed by atoms with van der Waals surface area (Å²) in [7, 11) is 0. The highest BCUT2D eigenvalue weighted by Crippen LogP contribution is 2.08. The lowest BCUT2D eigenvalue weighted by molar-refractivity contribution is -0.115. The molecule has 1 aromatic heterocycles. The van der Waals surface area contributed by atoms with Gasteiger partial charge in [0.25, 0.3) is 0 Å². The van der Waals surface area contributed by atoms with E-state index in [1.807, 2.05) is 0 Å². The molecule has 0 atom stereocenters. The third kappa shape index (κ3) is 3.34. The molecule has 5 nitrogen and oxygen atoms in total. The lowest BCUT2D eigenvalue weighted by atomic mass is 10.2. The Morgan fingerprint density at radius 2 is 2.19 bits per heavy atom. The Morgan fingerprint density at radius 1 is 1.44 bits per heavy atom. The van der Waals surface area contributed by atoms with Gasteiger partial charge < -0.3 is 10.1 Å². The van der Waals surface area contributed by atoms with E-state index in [1.54, 1.807) is 19.9 Å². The van der Waals surface area contributed by atoms with Gasteiger partial charge in [-0.3, -0.25) is 4.79 Å². The molecule has 5 heteroatoms. The van der Waals surface area contributed by atoms with Crippen LogP contribution in [0.25, 0.3) is 0 Å². The fourth-order valence-corrected chi connectivity index (χ4v) is 1.07. The number of pyridine rings is 1. The highest BCUT2D eigenvalue weighted by molar-refractivity contribution is 5.93. The third-order valence-electron chi connectivity index (χ3n) is 1.86. The largest absolute Gasteiger partial charge is 0.462 e. The molecule has 0 saturated carbocycles. The molecule has 0 saturated heterocycles. The van der Waals surface area contributed by atoms with Crippen molar-refractivity contribution in [1.82, 2.24) is 4.98 Å². The van der Waals surface area contributed by atoms with Crippen molar-refractivity contribution in [2.24, 2.45) is 0 Å². The van der Waals surface area contributed by atoms with Crippen molar-refractivity contribution in [3.63, 3.8) is 0 Å². The smallest absolute Gasteiger partial charge is 0.338 e. The van der Waals surface area contributed by atoms with Gasteiger partial charge in [0.15, 0.2) is 0 Å². The topological polar surface area (TPSA) is 68.3 Å². The Bertz CT molecular complexity index is 391. The number of rotatable bonds is 4. The van der Waals surface area contributed by atoms with E-state index in [0.29, 0.717) is 24.4 Å². The number of anilines is 1. The molecule has 0 unspecified atom stereocenters. The van der Waals surface area contributed by atoms with Gasteiger partial charge in [0.2, 0.25) is 5.91 Å². The minimum atomic E-state index is -0.420. The van der Waals surface area contributed by atoms with Gasteiger partial charge in [-0.1, -0.05) is 6.92 Å². The van der Waals surface area contributed by atoms with Crippen molar-refractivity contribution in [3.8, 4) is 0 Å². The van der Waals surface area contributed by atoms with E-state index in [2.05, 4.69) is 10.3 Å². The minimum absolute atomic E-state index is 0.145. The number of esters is 1. The van der Waals surface area contributed by atoms with Gasteiger partial charge in [-0.25, -0.2) is 9.78 Å². The van der Waals surface area contributed by atoms with Crippen molar-refractivity contribution in [1.29, 1.82) is 0 Å². The van der Waals surface area contributed by atoms with Gasteiger partial charge >= 0.3 is 5.97 Å². The highest BCUT2D eigenvalue weighted by atomic mass is 16.5. The van der Waals surface area contributed by atoms with E-state index < -0.39 is 5.97 Å². The number of nitrogens with one attached hydrogen (secondary N) is 1. The summed E-state index contributed by atoms with van der Waals surface area (Å²) in [6.07, 6.45) is 1.82. The quantitative estimate of drug-likeness (QED) is 0.786. The maximum Gasteiger partial charge on any atom is 0.338 e. The third-order valence-corrected chi connectivity index (χ3v) is 1.86. The summed E-state index contributed by atoms with van der Waals surface area (Å²) in [4.78, 5) is 26.4. The lowest BCUT2D eigenvalue weighted by Gasteiger charge is -2.05. The molecular weight excluding hydrogens is 208 g/mol. The fraction of sp³-hybridized carbons (Fsp3) is 0.364. The molecule has 1 amide bonds. The molecule has 1 heterocycles. The molecule has 0 spiro atoms. The van der Waals surface area contributed by atoms with E-state index in [1.165, 1.54) is 12.3 Å². The van der Waals surface area contributed by atoms with Crippen LogP contribution in [0.4, 0.5) is 5.82 Å². The summed E-state index contributed by atoms with van der Waals surface area (Å²) in [5, 5.41) is 2.57. The number of ether oxygens (including phenoxy) is 1. The van der Waals surface area contributed by atoms with Crippen LogP contribution in [0.2, 0.25) is 0 Å². The van der Waals surface area contributed by atoms with Gasteiger partial charge in [0.05, 0.1) is 12.2 Å². The number of amides is 1. The second-order valence-corrected chi connectivity index (χ2v) is 3.05. The minimum Gasteiger partial charge on any atom is -0.462 e. The Morgan fingerprint density at radius 3 is 2.81 bits per heavy atom. The second-order valence-electron chi connectivity index (χ2n) is 3.05. The molecule has 86 valence electrons. The van der Waals surface area contributed by atoms with Crippen LogP contribution in [0.1, 0.15) is 30.6 Å². The average molecular weight is 222 g/mol. The first kappa shape index (κ1) is 12.2. The maximum atomic E-state index is 11.4. The maximum absolute atomic E-state index is 11.4. The van der Waals surface area contributed by atoms with Gasteiger partial charge in [-0.15, -0.1) is 0 Å². The predicted molar refractivity (Wildman–Crippen MR) is 59.1 cm³/mol. The van der Waals surface area contributed by atoms with Gasteiger partial charge in [-0.05, 0) is 19.1 Å². The van der Waals surface area contributed by atoms with Crippen LogP contribution in [-0.4, -0.2) is 23.5 Å². The van der Waals surface area contributed by atoms with Crippen LogP contribution in [0.3, 0.4) is 0 Å². The summed E-state index contributed by atoms with van der Waals surface area (Å²) in [6.45, 7) is 3.79. The zero-order chi connectivity index (χ0) is 12.0. The van der Waals surface area contributed by atoms with Crippen LogP contribution in [0.5, 0.6) is 0 Å². The van der Waals surface area contributed by atoms with Gasteiger partial charge in [0.1, 0.15) is 5.82 Å². The normalized spacial score (nSPS) is 9.62. The first-order chi connectivity index (χ1) is 7.67. The first-order valence-electron chi connectivity index (χ1n) is 5.10. The van der Waals surface area contributed by atoms with Crippen molar-refractivity contribution >= 4 is 17.7 Å². The van der Waals surface area contributed by atoms with Gasteiger partial charge in [0, 0.05) is 12.6 Å². The summed E-state index contributed by atoms with van der Waals surface area (Å²) < 4.78 is 4.83. The lowest BCUT2D eigenvalue weighted by Crippen LogP contribution is -2.12. The molecule has 0 aliphatic heterocycles. The number of aromatic nitrogens is 1. The van der Waals surface area contributed by atoms with Gasteiger partial charge in [-0.2, -0.15) is 0 Å². The number of hydrogen-bond donors (Lipinski definition) is 1. The van der Waals surface area contributed by atoms with Crippen LogP contribution in [0, 0.1) is 0 Å². The average Bonchev–Trinajstić information content (AvgIpc) is 2.29. The molecule has 1 rings (SSSR count). The molecule has 0 aliphatic rings. The number of hydrogen-bond acceptors (Lipinski definition) is 4. The van der Waals surface area contributed by atoms with E-state index >= 15 is 0 Å². The van der Waals surface area contributed by atoms with Crippen molar-refractivity contribution < 1.29 is 14.3 Å². The number of nitrogens with zero attached hydrogens (tertiary/aromatic N) is 1. The fourth-order valence-electron chi connectivity index (χ4n) is 1.07.